The van der Waals surface area contributed by atoms with Gasteiger partial charge >= 0.3 is 21.1 Å². The number of pyridine rings is 1. The number of hydrogen-bond donors (Lipinski definition) is 0. The zero-order valence-corrected chi connectivity index (χ0v) is 38.8. The van der Waals surface area contributed by atoms with Crippen molar-refractivity contribution < 1.29 is 41.5 Å². The predicted molar refractivity (Wildman–Crippen MR) is 225 cm³/mol. The second-order valence-electron chi connectivity index (χ2n) is 19.4. The first-order valence-electron chi connectivity index (χ1n) is 19.8. The van der Waals surface area contributed by atoms with Crippen LogP contribution in [0.25, 0.3) is 0 Å². The van der Waals surface area contributed by atoms with Gasteiger partial charge in [-0.3, -0.25) is 4.98 Å². The van der Waals surface area contributed by atoms with Crippen molar-refractivity contribution in [1.29, 1.82) is 5.26 Å². The Labute approximate surface area is 362 Å². The Morgan fingerprint density at radius 2 is 0.586 bits per heavy atom. The van der Waals surface area contributed by atoms with Gasteiger partial charge < -0.3 is 20.4 Å². The van der Waals surface area contributed by atoms with Gasteiger partial charge in [0.2, 0.25) is 0 Å². The first-order chi connectivity index (χ1) is 26.3. The van der Waals surface area contributed by atoms with Crippen LogP contribution < -0.4 is 20.4 Å². The Morgan fingerprint density at radius 1 is 0.414 bits per heavy atom. The van der Waals surface area contributed by atoms with Gasteiger partial charge in [0.1, 0.15) is 0 Å². The molecule has 8 bridgehead atoms. The molecule has 5 aromatic rings. The number of aromatic nitrogens is 1. The molecule has 6 nitrogen and oxygen atoms in total. The molecule has 0 saturated heterocycles. The number of fused-ring (bicyclic) bond motifs is 8. The van der Waals surface area contributed by atoms with Crippen LogP contribution in [0.2, 0.25) is 0 Å². The smallest absolute Gasteiger partial charge is 0.872 e. The van der Waals surface area contributed by atoms with Crippen LogP contribution in [-0.4, -0.2) is 4.98 Å². The fourth-order valence-corrected chi connectivity index (χ4v) is 6.93. The average Bonchev–Trinajstić information content (AvgIpc) is 3.10. The molecule has 1 aliphatic carbocycles. The van der Waals surface area contributed by atoms with E-state index < -0.39 is 0 Å². The molecule has 0 unspecified atom stereocenters. The number of rotatable bonds is 0. The third kappa shape index (κ3) is 11.8. The van der Waals surface area contributed by atoms with Crippen LogP contribution in [-0.2, 0) is 68.4 Å². The fraction of sp³-hybridized carbons (Fsp3) is 0.412. The molecule has 0 aliphatic heterocycles. The van der Waals surface area contributed by atoms with Crippen molar-refractivity contribution in [1.82, 2.24) is 4.98 Å². The van der Waals surface area contributed by atoms with Crippen molar-refractivity contribution in [3.63, 3.8) is 0 Å². The van der Waals surface area contributed by atoms with Crippen LogP contribution in [0.15, 0.2) is 79.1 Å². The van der Waals surface area contributed by atoms with Crippen molar-refractivity contribution in [2.75, 3.05) is 0 Å². The average molecular weight is 861 g/mol. The van der Waals surface area contributed by atoms with E-state index in [0.29, 0.717) is 44.5 Å². The van der Waals surface area contributed by atoms with Crippen molar-refractivity contribution in [2.45, 2.75) is 137 Å². The molecule has 0 spiro atoms. The molecule has 0 radical (unpaired) electrons. The van der Waals surface area contributed by atoms with E-state index in [1.54, 1.807) is 18.5 Å². The van der Waals surface area contributed by atoms with Crippen LogP contribution in [0.5, 0.6) is 23.0 Å². The summed E-state index contributed by atoms with van der Waals surface area (Å²) in [4.78, 5) is 3.78. The third-order valence-corrected chi connectivity index (χ3v) is 10.5. The van der Waals surface area contributed by atoms with E-state index in [4.69, 9.17) is 5.26 Å². The van der Waals surface area contributed by atoms with E-state index in [9.17, 15) is 20.4 Å². The second kappa shape index (κ2) is 18.6. The second-order valence-corrected chi connectivity index (χ2v) is 19.4. The Bertz CT molecular complexity index is 1850. The topological polar surface area (TPSA) is 129 Å². The fourth-order valence-electron chi connectivity index (χ4n) is 6.93. The van der Waals surface area contributed by atoms with Crippen LogP contribution >= 0.6 is 0 Å². The van der Waals surface area contributed by atoms with Gasteiger partial charge in [0.05, 0.1) is 6.07 Å². The van der Waals surface area contributed by atoms with Gasteiger partial charge in [0.25, 0.3) is 0 Å². The van der Waals surface area contributed by atoms with E-state index in [1.807, 2.05) is 66.7 Å². The van der Waals surface area contributed by atoms with Crippen molar-refractivity contribution in [3.05, 3.63) is 146 Å². The number of nitrogens with zero attached hydrogens (tertiary/aromatic N) is 2. The van der Waals surface area contributed by atoms with E-state index in [2.05, 4.69) is 88.1 Å². The Balaban J connectivity index is 0.000000803. The van der Waals surface area contributed by atoms with Gasteiger partial charge in [0, 0.05) is 19.3 Å². The van der Waals surface area contributed by atoms with Crippen molar-refractivity contribution in [2.24, 2.45) is 0 Å². The third-order valence-electron chi connectivity index (χ3n) is 10.5. The van der Waals surface area contributed by atoms with Gasteiger partial charge in [-0.25, -0.2) is 0 Å². The number of benzene rings is 4. The normalized spacial score (nSPS) is 12.8. The molecule has 7 heteroatoms. The van der Waals surface area contributed by atoms with Crippen LogP contribution in [0.3, 0.4) is 0 Å². The largest absolute Gasteiger partial charge is 4.00 e. The maximum Gasteiger partial charge on any atom is 4.00 e. The maximum absolute atomic E-state index is 14.3. The SMILES string of the molecule is CC#N.CC(C)(C)c1cc2c([O-])c(c1)Cc1cc(C(C)(C)C)cc(c1[O-])Cc1cc(C(C)(C)C)cc(c1[O-])Cc1cc(C(C)(C)C)cc(c1[O-])C2.[Mo+4].c1ccncc1. The van der Waals surface area contributed by atoms with Gasteiger partial charge in [-0.1, -0.05) is 182 Å². The van der Waals surface area contributed by atoms with Gasteiger partial charge in [-0.2, -0.15) is 5.26 Å². The molecule has 0 saturated carbocycles. The summed E-state index contributed by atoms with van der Waals surface area (Å²) in [5.74, 6) is -0.496. The molecule has 4 aromatic carbocycles. The first-order valence-corrected chi connectivity index (χ1v) is 19.8. The summed E-state index contributed by atoms with van der Waals surface area (Å²) >= 11 is 0. The van der Waals surface area contributed by atoms with Crippen LogP contribution in [0.1, 0.15) is 157 Å². The molecule has 304 valence electrons. The number of nitriles is 1. The summed E-state index contributed by atoms with van der Waals surface area (Å²) in [6, 6.07) is 23.0. The zero-order valence-electron chi connectivity index (χ0n) is 36.8. The number of hydrogen-bond acceptors (Lipinski definition) is 6. The molecule has 1 heterocycles. The van der Waals surface area contributed by atoms with Gasteiger partial charge in [0.15, 0.2) is 0 Å². The quantitative estimate of drug-likeness (QED) is 0.140. The Kier molecular flexibility index (Phi) is 15.3. The molecule has 6 rings (SSSR count). The van der Waals surface area contributed by atoms with E-state index in [1.165, 1.54) is 6.92 Å². The Morgan fingerprint density at radius 3 is 0.690 bits per heavy atom. The minimum absolute atomic E-state index is 0. The Hall–Kier alpha value is -4.59. The summed E-state index contributed by atoms with van der Waals surface area (Å²) in [5.41, 5.74) is 7.39. The molecule has 0 N–H and O–H groups in total. The molecule has 1 aliphatic rings. The van der Waals surface area contributed by atoms with Gasteiger partial charge in [-0.05, 0) is 81.7 Å². The van der Waals surface area contributed by atoms with E-state index in [-0.39, 0.29) is 91.4 Å². The first kappa shape index (κ1) is 47.8. The zero-order chi connectivity index (χ0) is 42.7. The summed E-state index contributed by atoms with van der Waals surface area (Å²) in [5, 5.41) is 64.4. The molecule has 0 amide bonds. The monoisotopic (exact) mass is 862 g/mol. The minimum atomic E-state index is -0.256. The van der Waals surface area contributed by atoms with Gasteiger partial charge in [-0.15, -0.1) is 23.0 Å². The predicted octanol–water partition coefficient (Wildman–Crippen LogP) is 9.46. The summed E-state index contributed by atoms with van der Waals surface area (Å²) in [6.07, 6.45) is 4.22. The summed E-state index contributed by atoms with van der Waals surface area (Å²) in [7, 11) is 0. The van der Waals surface area contributed by atoms with Crippen LogP contribution in [0, 0.1) is 11.3 Å². The molecular weight excluding hydrogens is 801 g/mol. The van der Waals surface area contributed by atoms with E-state index >= 15 is 0 Å². The summed E-state index contributed by atoms with van der Waals surface area (Å²) in [6.45, 7) is 26.8. The molecule has 58 heavy (non-hydrogen) atoms. The molecule has 0 atom stereocenters. The molecule has 1 aromatic heterocycles. The maximum atomic E-state index is 14.3. The van der Waals surface area contributed by atoms with Crippen molar-refractivity contribution in [3.8, 4) is 29.1 Å². The molecule has 0 fully saturated rings. The van der Waals surface area contributed by atoms with E-state index in [0.717, 1.165) is 22.3 Å². The molecular formula is C51H60MoN2O4. The van der Waals surface area contributed by atoms with Crippen LogP contribution in [0.4, 0.5) is 0 Å². The van der Waals surface area contributed by atoms with Crippen molar-refractivity contribution >= 4 is 0 Å². The minimum Gasteiger partial charge on any atom is -0.872 e. The standard InChI is InChI=1S/C44H56O4.C5H5N.C2H3N.Mo/c1-41(2,3)33-17-25-13-27-19-34(42(4,5)6)21-29(38(27)46)15-31-23-36(44(10,11)12)24-32(40(31)48)16-30-22-35(43(7,8)9)20-28(39(30)47)14-26(18-33)37(25)45;1-2-4-6-5-3-1;1-2-3;/h17-24,45-48H,13-16H2,1-12H3;1-5H;1H3;/q;;;+4/p-4. The summed E-state index contributed by atoms with van der Waals surface area (Å²) < 4.78 is 0.